The molecule has 2 aromatic carbocycles. The minimum Gasteiger partial charge on any atom is -0.280 e. The van der Waals surface area contributed by atoms with Gasteiger partial charge in [0.1, 0.15) is 0 Å². The van der Waals surface area contributed by atoms with Crippen LogP contribution in [0.2, 0.25) is 0 Å². The van der Waals surface area contributed by atoms with Crippen molar-refractivity contribution in [2.75, 3.05) is 5.01 Å². The van der Waals surface area contributed by atoms with Crippen LogP contribution < -0.4 is 10.9 Å². The Morgan fingerprint density at radius 2 is 0.962 bits per heavy atom. The molecule has 0 saturated heterocycles. The second-order valence-corrected chi connectivity index (χ2v) is 5.89. The van der Waals surface area contributed by atoms with Gasteiger partial charge in [-0.3, -0.25) is 15.0 Å². The quantitative estimate of drug-likeness (QED) is 0.428. The Hall–Kier alpha value is -3.50. The van der Waals surface area contributed by atoms with Crippen LogP contribution in [0.3, 0.4) is 0 Å². The summed E-state index contributed by atoms with van der Waals surface area (Å²) in [5.74, 6) is 6.30. The molecule has 0 aliphatic heterocycles. The molecule has 0 amide bonds. The normalized spacial score (nSPS) is 10.5. The van der Waals surface area contributed by atoms with Crippen LogP contribution in [-0.4, -0.2) is 9.97 Å². The van der Waals surface area contributed by atoms with Gasteiger partial charge in [0.05, 0.1) is 22.8 Å². The first-order valence-corrected chi connectivity index (χ1v) is 8.39. The van der Waals surface area contributed by atoms with Gasteiger partial charge >= 0.3 is 0 Å². The maximum atomic E-state index is 6.30. The zero-order valence-corrected chi connectivity index (χ0v) is 14.2. The molecule has 4 rings (SSSR count). The van der Waals surface area contributed by atoms with Crippen molar-refractivity contribution >= 4 is 11.4 Å². The average molecular weight is 338 g/mol. The van der Waals surface area contributed by atoms with Crippen LogP contribution in [0.1, 0.15) is 0 Å². The third-order valence-corrected chi connectivity index (χ3v) is 4.21. The Labute approximate surface area is 152 Å². The summed E-state index contributed by atoms with van der Waals surface area (Å²) >= 11 is 0. The zero-order valence-electron chi connectivity index (χ0n) is 14.2. The van der Waals surface area contributed by atoms with E-state index < -0.39 is 0 Å². The Morgan fingerprint density at radius 1 is 0.538 bits per heavy atom. The van der Waals surface area contributed by atoms with Crippen molar-refractivity contribution in [3.8, 4) is 22.5 Å². The van der Waals surface area contributed by atoms with Crippen LogP contribution in [0, 0.1) is 0 Å². The smallest absolute Gasteiger partial charge is 0.0701 e. The fourth-order valence-corrected chi connectivity index (χ4v) is 2.80. The Bertz CT molecular complexity index is 883. The van der Waals surface area contributed by atoms with Crippen LogP contribution >= 0.6 is 0 Å². The second kappa shape index (κ2) is 7.17. The summed E-state index contributed by atoms with van der Waals surface area (Å²) in [5.41, 5.74) is 5.84. The highest BCUT2D eigenvalue weighted by Gasteiger charge is 2.07. The molecule has 4 heteroatoms. The van der Waals surface area contributed by atoms with E-state index in [1.165, 1.54) is 0 Å². The maximum absolute atomic E-state index is 6.30. The predicted molar refractivity (Wildman–Crippen MR) is 106 cm³/mol. The lowest BCUT2D eigenvalue weighted by atomic mass is 10.1. The van der Waals surface area contributed by atoms with Gasteiger partial charge in [0.15, 0.2) is 0 Å². The Morgan fingerprint density at radius 3 is 1.31 bits per heavy atom. The highest BCUT2D eigenvalue weighted by molar-refractivity contribution is 5.69. The van der Waals surface area contributed by atoms with Gasteiger partial charge in [-0.25, -0.2) is 5.84 Å². The number of nitrogens with two attached hydrogens (primary N) is 1. The van der Waals surface area contributed by atoms with Gasteiger partial charge in [0.25, 0.3) is 0 Å². The minimum absolute atomic E-state index is 0.912. The van der Waals surface area contributed by atoms with E-state index in [1.807, 2.05) is 84.9 Å². The van der Waals surface area contributed by atoms with Crippen molar-refractivity contribution in [3.05, 3.63) is 97.3 Å². The molecule has 0 atom stereocenters. The number of hydrogen-bond acceptors (Lipinski definition) is 4. The highest BCUT2D eigenvalue weighted by atomic mass is 15.4. The van der Waals surface area contributed by atoms with Gasteiger partial charge in [0, 0.05) is 23.5 Å². The van der Waals surface area contributed by atoms with Gasteiger partial charge in [-0.2, -0.15) is 0 Å². The van der Waals surface area contributed by atoms with Crippen LogP contribution in [0.5, 0.6) is 0 Å². The fourth-order valence-electron chi connectivity index (χ4n) is 2.80. The summed E-state index contributed by atoms with van der Waals surface area (Å²) in [6.45, 7) is 0. The molecule has 0 aliphatic rings. The second-order valence-electron chi connectivity index (χ2n) is 5.89. The molecule has 0 bridgehead atoms. The molecule has 2 aromatic heterocycles. The number of pyridine rings is 2. The molecule has 0 saturated carbocycles. The van der Waals surface area contributed by atoms with Crippen molar-refractivity contribution in [2.45, 2.75) is 0 Å². The monoisotopic (exact) mass is 338 g/mol. The Balaban J connectivity index is 1.55. The SMILES string of the molecule is NN(c1ccc(-c2ccccn2)cc1)c1ccc(-c2ccccn2)cc1. The van der Waals surface area contributed by atoms with E-state index in [-0.39, 0.29) is 0 Å². The largest absolute Gasteiger partial charge is 0.280 e. The average Bonchev–Trinajstić information content (AvgIpc) is 2.75. The van der Waals surface area contributed by atoms with E-state index >= 15 is 0 Å². The maximum Gasteiger partial charge on any atom is 0.0701 e. The number of aromatic nitrogens is 2. The molecule has 2 heterocycles. The summed E-state index contributed by atoms with van der Waals surface area (Å²) in [7, 11) is 0. The molecular formula is C22H18N4. The van der Waals surface area contributed by atoms with E-state index in [4.69, 9.17) is 5.84 Å². The van der Waals surface area contributed by atoms with Crippen molar-refractivity contribution in [3.63, 3.8) is 0 Å². The van der Waals surface area contributed by atoms with Crippen LogP contribution in [0.25, 0.3) is 22.5 Å². The molecular weight excluding hydrogens is 320 g/mol. The predicted octanol–water partition coefficient (Wildman–Crippen LogP) is 4.82. The lowest BCUT2D eigenvalue weighted by Crippen LogP contribution is -2.24. The molecule has 4 aromatic rings. The molecule has 0 radical (unpaired) electrons. The number of benzene rings is 2. The van der Waals surface area contributed by atoms with E-state index in [0.717, 1.165) is 33.9 Å². The van der Waals surface area contributed by atoms with E-state index in [2.05, 4.69) is 9.97 Å². The molecule has 0 unspecified atom stereocenters. The zero-order chi connectivity index (χ0) is 17.8. The number of rotatable bonds is 4. The molecule has 126 valence electrons. The molecule has 0 aliphatic carbocycles. The van der Waals surface area contributed by atoms with Gasteiger partial charge in [-0.1, -0.05) is 36.4 Å². The fraction of sp³-hybridized carbons (Fsp3) is 0. The number of hydrogen-bond donors (Lipinski definition) is 1. The number of hydrazine groups is 1. The summed E-state index contributed by atoms with van der Waals surface area (Å²) in [6, 6.07) is 27.9. The molecule has 0 spiro atoms. The van der Waals surface area contributed by atoms with E-state index in [9.17, 15) is 0 Å². The van der Waals surface area contributed by atoms with Crippen molar-refractivity contribution < 1.29 is 0 Å². The van der Waals surface area contributed by atoms with Crippen molar-refractivity contribution in [1.82, 2.24) is 9.97 Å². The summed E-state index contributed by atoms with van der Waals surface area (Å²) in [5, 5.41) is 1.67. The van der Waals surface area contributed by atoms with Gasteiger partial charge in [-0.15, -0.1) is 0 Å². The summed E-state index contributed by atoms with van der Waals surface area (Å²) < 4.78 is 0. The standard InChI is InChI=1S/C22H18N4/c23-26(19-11-7-17(8-12-19)21-5-1-3-15-24-21)20-13-9-18(10-14-20)22-6-2-4-16-25-22/h1-16H,23H2. The third-order valence-electron chi connectivity index (χ3n) is 4.21. The lowest BCUT2D eigenvalue weighted by molar-refractivity contribution is 1.09. The molecule has 4 nitrogen and oxygen atoms in total. The summed E-state index contributed by atoms with van der Waals surface area (Å²) in [4.78, 5) is 8.74. The minimum atomic E-state index is 0.912. The molecule has 0 fully saturated rings. The lowest BCUT2D eigenvalue weighted by Gasteiger charge is -2.19. The first-order valence-electron chi connectivity index (χ1n) is 8.39. The van der Waals surface area contributed by atoms with E-state index in [1.54, 1.807) is 17.4 Å². The Kier molecular flexibility index (Phi) is 4.41. The van der Waals surface area contributed by atoms with Crippen LogP contribution in [0.15, 0.2) is 97.3 Å². The van der Waals surface area contributed by atoms with Crippen LogP contribution in [0.4, 0.5) is 11.4 Å². The van der Waals surface area contributed by atoms with Gasteiger partial charge in [-0.05, 0) is 48.5 Å². The van der Waals surface area contributed by atoms with Gasteiger partial charge in [0.2, 0.25) is 0 Å². The first kappa shape index (κ1) is 16.0. The molecule has 2 N–H and O–H groups in total. The third kappa shape index (κ3) is 3.31. The van der Waals surface area contributed by atoms with Crippen LogP contribution in [-0.2, 0) is 0 Å². The topological polar surface area (TPSA) is 55.0 Å². The highest BCUT2D eigenvalue weighted by Crippen LogP contribution is 2.27. The molecule has 26 heavy (non-hydrogen) atoms. The van der Waals surface area contributed by atoms with Crippen molar-refractivity contribution in [2.24, 2.45) is 5.84 Å². The number of nitrogens with zero attached hydrogens (tertiary/aromatic N) is 3. The van der Waals surface area contributed by atoms with Gasteiger partial charge < -0.3 is 0 Å². The van der Waals surface area contributed by atoms with Crippen molar-refractivity contribution in [1.29, 1.82) is 0 Å². The van der Waals surface area contributed by atoms with E-state index in [0.29, 0.717) is 0 Å². The number of anilines is 2. The first-order chi connectivity index (χ1) is 12.8. The summed E-state index contributed by atoms with van der Waals surface area (Å²) in [6.07, 6.45) is 3.59.